The maximum atomic E-state index is 12.7. The third-order valence-corrected chi connectivity index (χ3v) is 6.42. The minimum absolute atomic E-state index is 0.186. The van der Waals surface area contributed by atoms with Gasteiger partial charge in [0, 0.05) is 31.7 Å². The molecule has 6 nitrogen and oxygen atoms in total. The Morgan fingerprint density at radius 2 is 1.76 bits per heavy atom. The van der Waals surface area contributed by atoms with Crippen molar-refractivity contribution in [3.63, 3.8) is 0 Å². The summed E-state index contributed by atoms with van der Waals surface area (Å²) in [5, 5.41) is 6.03. The van der Waals surface area contributed by atoms with E-state index in [9.17, 15) is 13.2 Å². The maximum Gasteiger partial charge on any atom is 0.251 e. The van der Waals surface area contributed by atoms with Crippen LogP contribution in [0.2, 0.25) is 0 Å². The van der Waals surface area contributed by atoms with Crippen LogP contribution in [0.3, 0.4) is 0 Å². The lowest BCUT2D eigenvalue weighted by atomic mass is 10.0. The Morgan fingerprint density at radius 3 is 2.36 bits per heavy atom. The molecule has 0 bridgehead atoms. The predicted molar refractivity (Wildman–Crippen MR) is 99.1 cm³/mol. The van der Waals surface area contributed by atoms with E-state index in [1.807, 2.05) is 0 Å². The van der Waals surface area contributed by atoms with Gasteiger partial charge >= 0.3 is 0 Å². The summed E-state index contributed by atoms with van der Waals surface area (Å²) in [6.07, 6.45) is 2.84. The van der Waals surface area contributed by atoms with E-state index in [0.29, 0.717) is 31.1 Å². The van der Waals surface area contributed by atoms with Gasteiger partial charge in [0.2, 0.25) is 10.0 Å². The zero-order chi connectivity index (χ0) is 18.3. The summed E-state index contributed by atoms with van der Waals surface area (Å²) >= 11 is 0. The normalized spacial score (nSPS) is 16.7. The molecule has 0 aromatic heterocycles. The molecule has 25 heavy (non-hydrogen) atoms. The van der Waals surface area contributed by atoms with Crippen molar-refractivity contribution in [1.82, 2.24) is 14.9 Å². The highest BCUT2D eigenvalue weighted by atomic mass is 32.2. The second-order valence-electron chi connectivity index (χ2n) is 6.62. The van der Waals surface area contributed by atoms with Crippen LogP contribution in [0, 0.1) is 5.92 Å². The number of nitrogens with zero attached hydrogens (tertiary/aromatic N) is 1. The summed E-state index contributed by atoms with van der Waals surface area (Å²) < 4.78 is 26.9. The van der Waals surface area contributed by atoms with E-state index in [1.165, 1.54) is 12.1 Å². The van der Waals surface area contributed by atoms with Gasteiger partial charge in [-0.2, -0.15) is 4.31 Å². The molecule has 1 fully saturated rings. The van der Waals surface area contributed by atoms with Gasteiger partial charge in [0.1, 0.15) is 0 Å². The average molecular weight is 368 g/mol. The number of carbonyl (C=O) groups is 1. The molecule has 1 aliphatic rings. The Labute approximate surface area is 151 Å². The van der Waals surface area contributed by atoms with Crippen molar-refractivity contribution in [1.29, 1.82) is 0 Å². The molecule has 1 amide bonds. The summed E-state index contributed by atoms with van der Waals surface area (Å²) in [6.45, 7) is 7.57. The van der Waals surface area contributed by atoms with Crippen molar-refractivity contribution in [2.45, 2.75) is 38.0 Å². The van der Waals surface area contributed by atoms with Crippen molar-refractivity contribution < 1.29 is 13.2 Å². The van der Waals surface area contributed by atoms with E-state index < -0.39 is 10.0 Å². The van der Waals surface area contributed by atoms with Gasteiger partial charge in [-0.05, 0) is 56.0 Å². The zero-order valence-electron chi connectivity index (χ0n) is 15.1. The highest BCUT2D eigenvalue weighted by Gasteiger charge is 2.28. The van der Waals surface area contributed by atoms with Crippen LogP contribution >= 0.6 is 0 Å². The molecule has 0 spiro atoms. The first kappa shape index (κ1) is 19.9. The number of nitrogens with one attached hydrogen (secondary N) is 2. The minimum Gasteiger partial charge on any atom is -0.351 e. The molecular weight excluding hydrogens is 338 g/mol. The number of hydrogen-bond donors (Lipinski definition) is 2. The van der Waals surface area contributed by atoms with Crippen LogP contribution in [0.25, 0.3) is 0 Å². The fourth-order valence-electron chi connectivity index (χ4n) is 2.82. The Hall–Kier alpha value is -1.44. The number of sulfonamides is 1. The molecule has 1 saturated heterocycles. The van der Waals surface area contributed by atoms with E-state index in [2.05, 4.69) is 24.5 Å². The number of rotatable bonds is 8. The Kier molecular flexibility index (Phi) is 7.40. The quantitative estimate of drug-likeness (QED) is 0.687. The van der Waals surface area contributed by atoms with Crippen LogP contribution in [0.4, 0.5) is 0 Å². The van der Waals surface area contributed by atoms with Crippen LogP contribution in [0.5, 0.6) is 0 Å². The topological polar surface area (TPSA) is 78.5 Å². The molecule has 1 heterocycles. The molecule has 0 aliphatic carbocycles. The molecular formula is C18H29N3O3S. The van der Waals surface area contributed by atoms with Gasteiger partial charge < -0.3 is 10.6 Å². The van der Waals surface area contributed by atoms with Crippen LogP contribution < -0.4 is 10.6 Å². The lowest BCUT2D eigenvalue weighted by molar-refractivity contribution is 0.0954. The Balaban J connectivity index is 1.93. The summed E-state index contributed by atoms with van der Waals surface area (Å²) in [4.78, 5) is 12.3. The molecule has 1 aromatic rings. The second-order valence-corrected chi connectivity index (χ2v) is 8.55. The molecule has 0 atom stereocenters. The SMILES string of the molecule is CCCNCCNC(=O)c1ccc(S(=O)(=O)N2CCC(C)CC2)cc1. The highest BCUT2D eigenvalue weighted by molar-refractivity contribution is 7.89. The van der Waals surface area contributed by atoms with Gasteiger partial charge in [-0.15, -0.1) is 0 Å². The molecule has 0 unspecified atom stereocenters. The summed E-state index contributed by atoms with van der Waals surface area (Å²) in [5.41, 5.74) is 0.474. The summed E-state index contributed by atoms with van der Waals surface area (Å²) in [7, 11) is -3.46. The van der Waals surface area contributed by atoms with Gasteiger partial charge in [-0.25, -0.2) is 8.42 Å². The molecule has 0 saturated carbocycles. The van der Waals surface area contributed by atoms with E-state index in [0.717, 1.165) is 32.4 Å². The maximum absolute atomic E-state index is 12.7. The van der Waals surface area contributed by atoms with Crippen LogP contribution in [-0.4, -0.2) is 51.4 Å². The second kappa shape index (κ2) is 9.31. The Morgan fingerprint density at radius 1 is 1.12 bits per heavy atom. The first-order valence-electron chi connectivity index (χ1n) is 9.04. The van der Waals surface area contributed by atoms with E-state index in [1.54, 1.807) is 16.4 Å². The lowest BCUT2D eigenvalue weighted by Crippen LogP contribution is -2.37. The van der Waals surface area contributed by atoms with Crippen molar-refractivity contribution in [2.24, 2.45) is 5.92 Å². The van der Waals surface area contributed by atoms with E-state index >= 15 is 0 Å². The molecule has 2 rings (SSSR count). The number of hydrogen-bond acceptors (Lipinski definition) is 4. The van der Waals surface area contributed by atoms with Gasteiger partial charge in [-0.3, -0.25) is 4.79 Å². The van der Waals surface area contributed by atoms with E-state index in [-0.39, 0.29) is 10.8 Å². The largest absolute Gasteiger partial charge is 0.351 e. The first-order chi connectivity index (χ1) is 11.9. The minimum atomic E-state index is -3.46. The number of benzene rings is 1. The lowest BCUT2D eigenvalue weighted by Gasteiger charge is -2.29. The van der Waals surface area contributed by atoms with Crippen molar-refractivity contribution in [3.05, 3.63) is 29.8 Å². The summed E-state index contributed by atoms with van der Waals surface area (Å²) in [5.74, 6) is 0.387. The fraction of sp³-hybridized carbons (Fsp3) is 0.611. The van der Waals surface area contributed by atoms with Gasteiger partial charge in [0.15, 0.2) is 0 Å². The molecule has 1 aliphatic heterocycles. The smallest absolute Gasteiger partial charge is 0.251 e. The number of piperidine rings is 1. The fourth-order valence-corrected chi connectivity index (χ4v) is 4.29. The zero-order valence-corrected chi connectivity index (χ0v) is 15.9. The predicted octanol–water partition coefficient (Wildman–Crippen LogP) is 1.84. The van der Waals surface area contributed by atoms with Gasteiger partial charge in [-0.1, -0.05) is 13.8 Å². The van der Waals surface area contributed by atoms with Crippen molar-refractivity contribution >= 4 is 15.9 Å². The average Bonchev–Trinajstić information content (AvgIpc) is 2.62. The van der Waals surface area contributed by atoms with Crippen LogP contribution in [0.15, 0.2) is 29.2 Å². The monoisotopic (exact) mass is 367 g/mol. The molecule has 2 N–H and O–H groups in total. The highest BCUT2D eigenvalue weighted by Crippen LogP contribution is 2.23. The third-order valence-electron chi connectivity index (χ3n) is 4.51. The van der Waals surface area contributed by atoms with E-state index in [4.69, 9.17) is 0 Å². The molecule has 0 radical (unpaired) electrons. The molecule has 7 heteroatoms. The number of amides is 1. The van der Waals surface area contributed by atoms with Gasteiger partial charge in [0.05, 0.1) is 4.90 Å². The standard InChI is InChI=1S/C18H29N3O3S/c1-3-10-19-11-12-20-18(22)16-4-6-17(7-5-16)25(23,24)21-13-8-15(2)9-14-21/h4-7,15,19H,3,8-14H2,1-2H3,(H,20,22). The molecule has 140 valence electrons. The Bertz CT molecular complexity index is 651. The summed E-state index contributed by atoms with van der Waals surface area (Å²) in [6, 6.07) is 6.21. The third kappa shape index (κ3) is 5.52. The number of carbonyl (C=O) groups excluding carboxylic acids is 1. The van der Waals surface area contributed by atoms with Crippen LogP contribution in [-0.2, 0) is 10.0 Å². The van der Waals surface area contributed by atoms with Gasteiger partial charge in [0.25, 0.3) is 5.91 Å². The van der Waals surface area contributed by atoms with Crippen molar-refractivity contribution in [2.75, 3.05) is 32.7 Å². The molecule has 1 aromatic carbocycles. The first-order valence-corrected chi connectivity index (χ1v) is 10.5. The van der Waals surface area contributed by atoms with Crippen molar-refractivity contribution in [3.8, 4) is 0 Å². The van der Waals surface area contributed by atoms with Crippen LogP contribution in [0.1, 0.15) is 43.5 Å².